The lowest BCUT2D eigenvalue weighted by molar-refractivity contribution is 0.0625. The predicted octanol–water partition coefficient (Wildman–Crippen LogP) is 1.42. The lowest BCUT2D eigenvalue weighted by atomic mass is 9.80. The maximum absolute atomic E-state index is 12.9. The highest BCUT2D eigenvalue weighted by Crippen LogP contribution is 2.37. The smallest absolute Gasteiger partial charge is 0.253 e. The van der Waals surface area contributed by atoms with Crippen LogP contribution in [0.1, 0.15) is 34.6 Å². The van der Waals surface area contributed by atoms with E-state index in [4.69, 9.17) is 9.47 Å². The van der Waals surface area contributed by atoms with Gasteiger partial charge in [0.15, 0.2) is 11.5 Å². The van der Waals surface area contributed by atoms with E-state index < -0.39 is 0 Å². The number of rotatable bonds is 1. The molecule has 1 saturated heterocycles. The summed E-state index contributed by atoms with van der Waals surface area (Å²) in [5.41, 5.74) is 2.92. The summed E-state index contributed by atoms with van der Waals surface area (Å²) >= 11 is 0. The first kappa shape index (κ1) is 14.8. The van der Waals surface area contributed by atoms with E-state index in [1.54, 1.807) is 18.5 Å². The number of aromatic nitrogens is 2. The van der Waals surface area contributed by atoms with E-state index in [9.17, 15) is 4.79 Å². The van der Waals surface area contributed by atoms with Crippen molar-refractivity contribution in [3.05, 3.63) is 41.5 Å². The van der Waals surface area contributed by atoms with E-state index in [0.717, 1.165) is 31.5 Å². The van der Waals surface area contributed by atoms with Crippen LogP contribution in [0.3, 0.4) is 0 Å². The molecule has 1 aromatic heterocycles. The van der Waals surface area contributed by atoms with Crippen molar-refractivity contribution < 1.29 is 14.3 Å². The summed E-state index contributed by atoms with van der Waals surface area (Å²) in [5, 5.41) is 3.65. The van der Waals surface area contributed by atoms with Crippen LogP contribution in [0.5, 0.6) is 11.5 Å². The van der Waals surface area contributed by atoms with Crippen molar-refractivity contribution in [3.8, 4) is 11.5 Å². The van der Waals surface area contributed by atoms with Gasteiger partial charge in [0.1, 0.15) is 0 Å². The van der Waals surface area contributed by atoms with Crippen molar-refractivity contribution in [2.24, 2.45) is 0 Å². The number of imidazole rings is 1. The summed E-state index contributed by atoms with van der Waals surface area (Å²) in [6.07, 6.45) is 4.52. The molecule has 0 bridgehead atoms. The second-order valence-electron chi connectivity index (χ2n) is 6.85. The van der Waals surface area contributed by atoms with Crippen molar-refractivity contribution in [1.29, 1.82) is 0 Å². The average molecular weight is 340 g/mol. The number of hydrogen-bond acceptors (Lipinski definition) is 5. The summed E-state index contributed by atoms with van der Waals surface area (Å²) in [7, 11) is 0. The number of H-pyrrole nitrogens is 1. The molecule has 0 radical (unpaired) electrons. The molecule has 1 fully saturated rings. The van der Waals surface area contributed by atoms with Gasteiger partial charge < -0.3 is 24.7 Å². The number of amides is 1. The molecular formula is C18H20N4O3. The maximum atomic E-state index is 12.9. The molecule has 3 aliphatic heterocycles. The Bertz CT molecular complexity index is 823. The number of piperidine rings is 1. The molecule has 1 amide bonds. The minimum atomic E-state index is -0.0980. The predicted molar refractivity (Wildman–Crippen MR) is 89.7 cm³/mol. The standard InChI is InChI=1S/C18H20N4O3/c23-17(12-1-2-14-15(9-12)25-11-24-14)22-7-4-18(5-8-22)16-13(3-6-21-18)19-10-20-16/h1-2,9-10,21H,3-8,11H2,(H,19,20). The molecule has 25 heavy (non-hydrogen) atoms. The fourth-order valence-electron chi connectivity index (χ4n) is 4.15. The Kier molecular flexibility index (Phi) is 3.24. The number of fused-ring (bicyclic) bond motifs is 3. The highest BCUT2D eigenvalue weighted by Gasteiger charge is 2.42. The third kappa shape index (κ3) is 2.30. The van der Waals surface area contributed by atoms with Crippen LogP contribution >= 0.6 is 0 Å². The molecule has 3 aliphatic rings. The Balaban J connectivity index is 1.33. The van der Waals surface area contributed by atoms with Crippen LogP contribution in [-0.2, 0) is 12.0 Å². The van der Waals surface area contributed by atoms with Crippen LogP contribution < -0.4 is 14.8 Å². The van der Waals surface area contributed by atoms with Crippen LogP contribution in [-0.4, -0.2) is 47.2 Å². The molecule has 7 nitrogen and oxygen atoms in total. The van der Waals surface area contributed by atoms with Crippen LogP contribution in [0, 0.1) is 0 Å². The largest absolute Gasteiger partial charge is 0.454 e. The van der Waals surface area contributed by atoms with Gasteiger partial charge in [0, 0.05) is 37.3 Å². The van der Waals surface area contributed by atoms with E-state index in [1.807, 2.05) is 11.0 Å². The Morgan fingerprint density at radius 2 is 2.04 bits per heavy atom. The van der Waals surface area contributed by atoms with Gasteiger partial charge in [0.05, 0.1) is 17.6 Å². The number of aromatic amines is 1. The topological polar surface area (TPSA) is 79.5 Å². The van der Waals surface area contributed by atoms with Gasteiger partial charge in [-0.25, -0.2) is 4.98 Å². The average Bonchev–Trinajstić information content (AvgIpc) is 3.31. The van der Waals surface area contributed by atoms with Crippen LogP contribution in [0.15, 0.2) is 24.5 Å². The molecule has 2 aromatic rings. The number of benzene rings is 1. The molecule has 2 N–H and O–H groups in total. The van der Waals surface area contributed by atoms with Gasteiger partial charge in [0.2, 0.25) is 6.79 Å². The molecule has 5 rings (SSSR count). The van der Waals surface area contributed by atoms with E-state index in [0.29, 0.717) is 30.2 Å². The highest BCUT2D eigenvalue weighted by molar-refractivity contribution is 5.95. The Morgan fingerprint density at radius 3 is 2.92 bits per heavy atom. The normalized spacial score (nSPS) is 20.6. The maximum Gasteiger partial charge on any atom is 0.253 e. The van der Waals surface area contributed by atoms with E-state index in [2.05, 4.69) is 15.3 Å². The van der Waals surface area contributed by atoms with Gasteiger partial charge in [-0.2, -0.15) is 0 Å². The van der Waals surface area contributed by atoms with E-state index >= 15 is 0 Å². The quantitative estimate of drug-likeness (QED) is 0.821. The van der Waals surface area contributed by atoms with Crippen LogP contribution in [0.2, 0.25) is 0 Å². The number of nitrogens with zero attached hydrogens (tertiary/aromatic N) is 2. The number of hydrogen-bond donors (Lipinski definition) is 2. The first-order valence-corrected chi connectivity index (χ1v) is 8.72. The number of ether oxygens (including phenoxy) is 2. The zero-order valence-electron chi connectivity index (χ0n) is 13.9. The van der Waals surface area contributed by atoms with Crippen molar-refractivity contribution in [2.45, 2.75) is 24.8 Å². The second-order valence-corrected chi connectivity index (χ2v) is 6.85. The zero-order chi connectivity index (χ0) is 16.9. The summed E-state index contributed by atoms with van der Waals surface area (Å²) in [6, 6.07) is 5.39. The summed E-state index contributed by atoms with van der Waals surface area (Å²) in [5.74, 6) is 1.40. The third-order valence-electron chi connectivity index (χ3n) is 5.53. The molecular weight excluding hydrogens is 320 g/mol. The second kappa shape index (κ2) is 5.49. The number of nitrogens with one attached hydrogen (secondary N) is 2. The molecule has 130 valence electrons. The van der Waals surface area contributed by atoms with E-state index in [1.165, 1.54) is 5.69 Å². The molecule has 0 atom stereocenters. The van der Waals surface area contributed by atoms with Crippen molar-refractivity contribution in [3.63, 3.8) is 0 Å². The van der Waals surface area contributed by atoms with Crippen molar-refractivity contribution in [2.75, 3.05) is 26.4 Å². The summed E-state index contributed by atoms with van der Waals surface area (Å²) in [6.45, 7) is 2.60. The van der Waals surface area contributed by atoms with Gasteiger partial charge in [-0.3, -0.25) is 4.79 Å². The van der Waals surface area contributed by atoms with Gasteiger partial charge in [-0.1, -0.05) is 0 Å². The van der Waals surface area contributed by atoms with Crippen LogP contribution in [0.25, 0.3) is 0 Å². The lowest BCUT2D eigenvalue weighted by Gasteiger charge is -2.44. The number of carbonyl (C=O) groups is 1. The molecule has 4 heterocycles. The third-order valence-corrected chi connectivity index (χ3v) is 5.53. The molecule has 1 spiro atoms. The summed E-state index contributed by atoms with van der Waals surface area (Å²) in [4.78, 5) is 22.6. The highest BCUT2D eigenvalue weighted by atomic mass is 16.7. The lowest BCUT2D eigenvalue weighted by Crippen LogP contribution is -2.55. The van der Waals surface area contributed by atoms with Crippen LogP contribution in [0.4, 0.5) is 0 Å². The summed E-state index contributed by atoms with van der Waals surface area (Å²) < 4.78 is 10.7. The van der Waals surface area contributed by atoms with Crippen molar-refractivity contribution in [1.82, 2.24) is 20.2 Å². The van der Waals surface area contributed by atoms with Gasteiger partial charge in [-0.05, 0) is 31.0 Å². The SMILES string of the molecule is O=C(c1ccc2c(c1)OCO2)N1CCC2(CC1)NCCc1[nH]cnc12. The minimum absolute atomic E-state index is 0.0474. The molecule has 0 aliphatic carbocycles. The molecule has 0 saturated carbocycles. The first-order valence-electron chi connectivity index (χ1n) is 8.72. The minimum Gasteiger partial charge on any atom is -0.454 e. The van der Waals surface area contributed by atoms with E-state index in [-0.39, 0.29) is 18.2 Å². The van der Waals surface area contributed by atoms with Gasteiger partial charge >= 0.3 is 0 Å². The zero-order valence-corrected chi connectivity index (χ0v) is 13.9. The number of carbonyl (C=O) groups excluding carboxylic acids is 1. The monoisotopic (exact) mass is 340 g/mol. The Hall–Kier alpha value is -2.54. The van der Waals surface area contributed by atoms with Crippen molar-refractivity contribution >= 4 is 5.91 Å². The fourth-order valence-corrected chi connectivity index (χ4v) is 4.15. The first-order chi connectivity index (χ1) is 12.3. The Labute approximate surface area is 145 Å². The molecule has 7 heteroatoms. The Morgan fingerprint density at radius 1 is 1.20 bits per heavy atom. The number of likely N-dealkylation sites (tertiary alicyclic amines) is 1. The van der Waals surface area contributed by atoms with Gasteiger partial charge in [-0.15, -0.1) is 0 Å². The fraction of sp³-hybridized carbons (Fsp3) is 0.444. The van der Waals surface area contributed by atoms with Gasteiger partial charge in [0.25, 0.3) is 5.91 Å². The molecule has 0 unspecified atom stereocenters. The molecule has 1 aromatic carbocycles.